The minimum absolute atomic E-state index is 0.149. The van der Waals surface area contributed by atoms with Crippen molar-refractivity contribution in [2.45, 2.75) is 13.0 Å². The van der Waals surface area contributed by atoms with Crippen LogP contribution in [-0.2, 0) is 0 Å². The number of amides is 1. The highest BCUT2D eigenvalue weighted by Gasteiger charge is 2.14. The number of nitrogens with zero attached hydrogens (tertiary/aromatic N) is 1. The molecule has 0 saturated heterocycles. The monoisotopic (exact) mass is 372 g/mol. The molecule has 3 nitrogen and oxygen atoms in total. The maximum absolute atomic E-state index is 12.2. The number of rotatable bonds is 3. The molecule has 1 amide bonds. The molecule has 2 rings (SSSR count). The van der Waals surface area contributed by atoms with Crippen molar-refractivity contribution in [1.29, 1.82) is 0 Å². The molecule has 0 aliphatic heterocycles. The summed E-state index contributed by atoms with van der Waals surface area (Å²) in [6.45, 7) is 1.91. The summed E-state index contributed by atoms with van der Waals surface area (Å²) in [7, 11) is 0. The van der Waals surface area contributed by atoms with Crippen molar-refractivity contribution >= 4 is 45.0 Å². The van der Waals surface area contributed by atoms with Gasteiger partial charge in [0.2, 0.25) is 0 Å². The van der Waals surface area contributed by atoms with Gasteiger partial charge in [0.1, 0.15) is 10.3 Å². The fourth-order valence-corrected chi connectivity index (χ4v) is 2.87. The van der Waals surface area contributed by atoms with E-state index in [1.54, 1.807) is 0 Å². The normalized spacial score (nSPS) is 12.0. The van der Waals surface area contributed by atoms with E-state index < -0.39 is 0 Å². The molecule has 1 aromatic carbocycles. The van der Waals surface area contributed by atoms with Crippen LogP contribution in [0.3, 0.4) is 0 Å². The number of aromatic nitrogens is 1. The van der Waals surface area contributed by atoms with E-state index >= 15 is 0 Å². The molecule has 0 aliphatic rings. The standard InChI is InChI=1S/C14H11BrCl2N2O/c1-8(10-4-2-3-5-11(10)15)18-14(20)9-6-12(16)19-13(17)7-9/h2-8H,1H3,(H,18,20). The summed E-state index contributed by atoms with van der Waals surface area (Å²) in [5.41, 5.74) is 1.38. The van der Waals surface area contributed by atoms with E-state index in [0.717, 1.165) is 10.0 Å². The van der Waals surface area contributed by atoms with Gasteiger partial charge in [0.15, 0.2) is 0 Å². The number of hydrogen-bond acceptors (Lipinski definition) is 2. The molecular weight excluding hydrogens is 363 g/mol. The molecular formula is C14H11BrCl2N2O. The van der Waals surface area contributed by atoms with Crippen molar-refractivity contribution in [2.75, 3.05) is 0 Å². The lowest BCUT2D eigenvalue weighted by molar-refractivity contribution is 0.0939. The Kier molecular flexibility index (Phi) is 5.02. The molecule has 0 saturated carbocycles. The molecule has 1 unspecified atom stereocenters. The molecule has 6 heteroatoms. The fourth-order valence-electron chi connectivity index (χ4n) is 1.78. The van der Waals surface area contributed by atoms with Gasteiger partial charge in [0.25, 0.3) is 5.91 Å². The molecule has 0 aliphatic carbocycles. The predicted octanol–water partition coefficient (Wildman–Crippen LogP) is 4.64. The first-order valence-electron chi connectivity index (χ1n) is 5.86. The molecule has 1 aromatic heterocycles. The van der Waals surface area contributed by atoms with E-state index in [1.165, 1.54) is 12.1 Å². The second-order valence-corrected chi connectivity index (χ2v) is 5.85. The Morgan fingerprint density at radius 3 is 2.45 bits per heavy atom. The number of nitrogens with one attached hydrogen (secondary N) is 1. The summed E-state index contributed by atoms with van der Waals surface area (Å²) in [6, 6.07) is 10.5. The van der Waals surface area contributed by atoms with Crippen LogP contribution in [-0.4, -0.2) is 10.9 Å². The van der Waals surface area contributed by atoms with Gasteiger partial charge in [0.05, 0.1) is 6.04 Å². The van der Waals surface area contributed by atoms with Crippen molar-refractivity contribution in [1.82, 2.24) is 10.3 Å². The molecule has 1 atom stereocenters. The smallest absolute Gasteiger partial charge is 0.251 e. The summed E-state index contributed by atoms with van der Waals surface area (Å²) in [6.07, 6.45) is 0. The number of pyridine rings is 1. The minimum atomic E-state index is -0.251. The SMILES string of the molecule is CC(NC(=O)c1cc(Cl)nc(Cl)c1)c1ccccc1Br. The first kappa shape index (κ1) is 15.3. The summed E-state index contributed by atoms with van der Waals surface area (Å²) in [5, 5.41) is 3.28. The number of hydrogen-bond donors (Lipinski definition) is 1. The average molecular weight is 374 g/mol. The van der Waals surface area contributed by atoms with E-state index in [9.17, 15) is 4.79 Å². The average Bonchev–Trinajstić information content (AvgIpc) is 2.37. The summed E-state index contributed by atoms with van der Waals surface area (Å²) >= 11 is 15.0. The third-order valence-corrected chi connectivity index (χ3v) is 3.85. The number of carbonyl (C=O) groups is 1. The zero-order valence-corrected chi connectivity index (χ0v) is 13.6. The van der Waals surface area contributed by atoms with E-state index in [0.29, 0.717) is 5.56 Å². The molecule has 0 spiro atoms. The van der Waals surface area contributed by atoms with Crippen LogP contribution in [0, 0.1) is 0 Å². The van der Waals surface area contributed by atoms with E-state index in [2.05, 4.69) is 26.2 Å². The van der Waals surface area contributed by atoms with Crippen molar-refractivity contribution < 1.29 is 4.79 Å². The van der Waals surface area contributed by atoms with Gasteiger partial charge in [0, 0.05) is 10.0 Å². The molecule has 0 bridgehead atoms. The van der Waals surface area contributed by atoms with E-state index in [1.807, 2.05) is 31.2 Å². The highest BCUT2D eigenvalue weighted by atomic mass is 79.9. The minimum Gasteiger partial charge on any atom is -0.345 e. The highest BCUT2D eigenvalue weighted by molar-refractivity contribution is 9.10. The molecule has 2 aromatic rings. The lowest BCUT2D eigenvalue weighted by Crippen LogP contribution is -2.26. The second kappa shape index (κ2) is 6.57. The van der Waals surface area contributed by atoms with Crippen molar-refractivity contribution in [3.8, 4) is 0 Å². The quantitative estimate of drug-likeness (QED) is 0.796. The van der Waals surface area contributed by atoms with E-state index in [-0.39, 0.29) is 22.3 Å². The van der Waals surface area contributed by atoms with Crippen LogP contribution in [0.1, 0.15) is 28.9 Å². The first-order chi connectivity index (χ1) is 9.47. The van der Waals surface area contributed by atoms with Crippen molar-refractivity contribution in [3.63, 3.8) is 0 Å². The Morgan fingerprint density at radius 1 is 1.25 bits per heavy atom. The number of benzene rings is 1. The Morgan fingerprint density at radius 2 is 1.85 bits per heavy atom. The molecule has 0 fully saturated rings. The van der Waals surface area contributed by atoms with Gasteiger partial charge in [-0.15, -0.1) is 0 Å². The van der Waals surface area contributed by atoms with Crippen molar-refractivity contribution in [2.24, 2.45) is 0 Å². The Bertz CT molecular complexity index is 629. The van der Waals surface area contributed by atoms with Crippen LogP contribution in [0.15, 0.2) is 40.9 Å². The van der Waals surface area contributed by atoms with Crippen molar-refractivity contribution in [3.05, 3.63) is 62.3 Å². The van der Waals surface area contributed by atoms with Gasteiger partial charge < -0.3 is 5.32 Å². The molecule has 1 N–H and O–H groups in total. The van der Waals surface area contributed by atoms with Crippen LogP contribution >= 0.6 is 39.1 Å². The lowest BCUT2D eigenvalue weighted by atomic mass is 10.1. The molecule has 0 radical (unpaired) electrons. The Labute approximate surface area is 135 Å². The zero-order valence-electron chi connectivity index (χ0n) is 10.5. The Hall–Kier alpha value is -1.10. The third kappa shape index (κ3) is 3.72. The number of carbonyl (C=O) groups excluding carboxylic acids is 1. The van der Waals surface area contributed by atoms with Crippen LogP contribution < -0.4 is 5.32 Å². The number of halogens is 3. The second-order valence-electron chi connectivity index (χ2n) is 4.22. The maximum atomic E-state index is 12.2. The third-order valence-electron chi connectivity index (χ3n) is 2.74. The molecule has 104 valence electrons. The summed E-state index contributed by atoms with van der Waals surface area (Å²) in [5.74, 6) is -0.251. The van der Waals surface area contributed by atoms with Crippen LogP contribution in [0.25, 0.3) is 0 Å². The van der Waals surface area contributed by atoms with Gasteiger partial charge in [-0.05, 0) is 30.7 Å². The highest BCUT2D eigenvalue weighted by Crippen LogP contribution is 2.23. The van der Waals surface area contributed by atoms with Gasteiger partial charge >= 0.3 is 0 Å². The van der Waals surface area contributed by atoms with Crippen LogP contribution in [0.5, 0.6) is 0 Å². The Balaban J connectivity index is 2.17. The van der Waals surface area contributed by atoms with Gasteiger partial charge in [-0.2, -0.15) is 0 Å². The summed E-state index contributed by atoms with van der Waals surface area (Å²) in [4.78, 5) is 16.0. The van der Waals surface area contributed by atoms with Crippen LogP contribution in [0.2, 0.25) is 10.3 Å². The maximum Gasteiger partial charge on any atom is 0.251 e. The fraction of sp³-hybridized carbons (Fsp3) is 0.143. The van der Waals surface area contributed by atoms with Gasteiger partial charge in [-0.3, -0.25) is 4.79 Å². The van der Waals surface area contributed by atoms with E-state index in [4.69, 9.17) is 23.2 Å². The molecule has 20 heavy (non-hydrogen) atoms. The zero-order chi connectivity index (χ0) is 14.7. The lowest BCUT2D eigenvalue weighted by Gasteiger charge is -2.16. The topological polar surface area (TPSA) is 42.0 Å². The molecule has 1 heterocycles. The predicted molar refractivity (Wildman–Crippen MR) is 84.3 cm³/mol. The van der Waals surface area contributed by atoms with Gasteiger partial charge in [-0.1, -0.05) is 57.3 Å². The van der Waals surface area contributed by atoms with Crippen LogP contribution in [0.4, 0.5) is 0 Å². The van der Waals surface area contributed by atoms with Gasteiger partial charge in [-0.25, -0.2) is 4.98 Å². The first-order valence-corrected chi connectivity index (χ1v) is 7.40. The summed E-state index contributed by atoms with van der Waals surface area (Å²) < 4.78 is 0.943. The largest absolute Gasteiger partial charge is 0.345 e.